The fraction of sp³-hybridized carbons (Fsp3) is 0.0811. The average Bonchev–Trinajstić information content (AvgIpc) is 3.56. The SMILES string of the molecule is c1ccc(-c2ccc(-c3nc(-c4ccccc4)cc(C45CC(c6ccccc64)c4ccccc45)n3)cc2)cc1. The maximum Gasteiger partial charge on any atom is 0.160 e. The molecule has 184 valence electrons. The Morgan fingerprint density at radius 1 is 0.487 bits per heavy atom. The summed E-state index contributed by atoms with van der Waals surface area (Å²) in [6.45, 7) is 0. The predicted molar refractivity (Wildman–Crippen MR) is 158 cm³/mol. The van der Waals surface area contributed by atoms with Crippen LogP contribution in [0.2, 0.25) is 0 Å². The minimum atomic E-state index is -0.275. The molecule has 0 aliphatic heterocycles. The molecule has 39 heavy (non-hydrogen) atoms. The van der Waals surface area contributed by atoms with E-state index in [-0.39, 0.29) is 5.41 Å². The summed E-state index contributed by atoms with van der Waals surface area (Å²) in [5, 5.41) is 0. The van der Waals surface area contributed by atoms with Crippen molar-refractivity contribution >= 4 is 0 Å². The van der Waals surface area contributed by atoms with Gasteiger partial charge in [-0.1, -0.05) is 133 Å². The van der Waals surface area contributed by atoms with E-state index in [9.17, 15) is 0 Å². The van der Waals surface area contributed by atoms with E-state index in [4.69, 9.17) is 9.97 Å². The van der Waals surface area contributed by atoms with Crippen molar-refractivity contribution in [3.63, 3.8) is 0 Å². The van der Waals surface area contributed by atoms with E-state index in [1.54, 1.807) is 0 Å². The molecule has 0 atom stereocenters. The summed E-state index contributed by atoms with van der Waals surface area (Å²) in [4.78, 5) is 10.5. The molecule has 0 N–H and O–H groups in total. The largest absolute Gasteiger partial charge is 0.232 e. The lowest BCUT2D eigenvalue weighted by molar-refractivity contribution is 0.612. The molecule has 0 amide bonds. The Morgan fingerprint density at radius 3 is 1.64 bits per heavy atom. The second kappa shape index (κ2) is 8.61. The van der Waals surface area contributed by atoms with E-state index in [2.05, 4.69) is 140 Å². The molecule has 0 spiro atoms. The van der Waals surface area contributed by atoms with Crippen molar-refractivity contribution in [2.75, 3.05) is 0 Å². The van der Waals surface area contributed by atoms with E-state index in [1.165, 1.54) is 33.4 Å². The van der Waals surface area contributed by atoms with Gasteiger partial charge in [0.25, 0.3) is 0 Å². The molecule has 5 aromatic carbocycles. The lowest BCUT2D eigenvalue weighted by atomic mass is 9.72. The highest BCUT2D eigenvalue weighted by Gasteiger charge is 2.54. The van der Waals surface area contributed by atoms with Gasteiger partial charge in [-0.05, 0) is 45.9 Å². The summed E-state index contributed by atoms with van der Waals surface area (Å²) >= 11 is 0. The van der Waals surface area contributed by atoms with Gasteiger partial charge < -0.3 is 0 Å². The Morgan fingerprint density at radius 2 is 1.00 bits per heavy atom. The van der Waals surface area contributed by atoms with Crippen molar-refractivity contribution in [1.82, 2.24) is 9.97 Å². The third-order valence-corrected chi connectivity index (χ3v) is 8.59. The van der Waals surface area contributed by atoms with Gasteiger partial charge in [0.05, 0.1) is 16.8 Å². The Balaban J connectivity index is 1.34. The summed E-state index contributed by atoms with van der Waals surface area (Å²) in [5.74, 6) is 1.17. The quantitative estimate of drug-likeness (QED) is 0.243. The lowest BCUT2D eigenvalue weighted by Gasteiger charge is -2.31. The first-order chi connectivity index (χ1) is 19.3. The number of benzene rings is 5. The molecule has 1 aromatic heterocycles. The van der Waals surface area contributed by atoms with Crippen molar-refractivity contribution < 1.29 is 0 Å². The Labute approximate surface area is 228 Å². The normalized spacial score (nSPS) is 18.5. The first-order valence-corrected chi connectivity index (χ1v) is 13.6. The van der Waals surface area contributed by atoms with Crippen LogP contribution in [0.15, 0.2) is 140 Å². The highest BCUT2D eigenvalue weighted by molar-refractivity contribution is 5.72. The van der Waals surface area contributed by atoms with Gasteiger partial charge in [0.1, 0.15) is 0 Å². The average molecular weight is 499 g/mol. The van der Waals surface area contributed by atoms with Crippen molar-refractivity contribution in [2.45, 2.75) is 17.8 Å². The molecular weight excluding hydrogens is 472 g/mol. The summed E-state index contributed by atoms with van der Waals surface area (Å²) in [7, 11) is 0. The number of rotatable bonds is 4. The van der Waals surface area contributed by atoms with Crippen molar-refractivity contribution in [3.8, 4) is 33.8 Å². The molecule has 2 bridgehead atoms. The van der Waals surface area contributed by atoms with Crippen LogP contribution in [-0.4, -0.2) is 9.97 Å². The Bertz CT molecular complexity index is 1770. The summed E-state index contributed by atoms with van der Waals surface area (Å²) in [5.41, 5.74) is 11.9. The zero-order chi connectivity index (χ0) is 25.8. The molecule has 2 aliphatic carbocycles. The smallest absolute Gasteiger partial charge is 0.160 e. The Kier molecular flexibility index (Phi) is 4.90. The van der Waals surface area contributed by atoms with Crippen LogP contribution in [0.25, 0.3) is 33.8 Å². The van der Waals surface area contributed by atoms with Gasteiger partial charge in [0.15, 0.2) is 5.82 Å². The minimum absolute atomic E-state index is 0.275. The second-order valence-electron chi connectivity index (χ2n) is 10.6. The number of nitrogens with zero attached hydrogens (tertiary/aromatic N) is 2. The van der Waals surface area contributed by atoms with Crippen LogP contribution in [0.1, 0.15) is 40.3 Å². The lowest BCUT2D eigenvalue weighted by Crippen LogP contribution is -2.27. The van der Waals surface area contributed by atoms with E-state index in [0.29, 0.717) is 5.92 Å². The van der Waals surface area contributed by atoms with E-state index < -0.39 is 0 Å². The van der Waals surface area contributed by atoms with Gasteiger partial charge in [-0.15, -0.1) is 0 Å². The molecule has 0 saturated carbocycles. The third kappa shape index (κ3) is 3.35. The molecule has 0 unspecified atom stereocenters. The first kappa shape index (κ1) is 22.2. The van der Waals surface area contributed by atoms with Crippen LogP contribution in [0.4, 0.5) is 0 Å². The molecule has 0 saturated heterocycles. The monoisotopic (exact) mass is 498 g/mol. The van der Waals surface area contributed by atoms with E-state index in [0.717, 1.165) is 34.8 Å². The predicted octanol–water partition coefficient (Wildman–Crippen LogP) is 8.66. The number of fused-ring (bicyclic) bond motifs is 8. The fourth-order valence-corrected chi connectivity index (χ4v) is 6.81. The van der Waals surface area contributed by atoms with Gasteiger partial charge in [0.2, 0.25) is 0 Å². The maximum absolute atomic E-state index is 5.37. The number of hydrogen-bond acceptors (Lipinski definition) is 2. The van der Waals surface area contributed by atoms with Crippen LogP contribution in [0.5, 0.6) is 0 Å². The highest BCUT2D eigenvalue weighted by atomic mass is 14.9. The first-order valence-electron chi connectivity index (χ1n) is 13.6. The van der Waals surface area contributed by atoms with Crippen molar-refractivity contribution in [2.24, 2.45) is 0 Å². The third-order valence-electron chi connectivity index (χ3n) is 8.59. The molecule has 1 heterocycles. The Hall–Kier alpha value is -4.82. The van der Waals surface area contributed by atoms with E-state index >= 15 is 0 Å². The van der Waals surface area contributed by atoms with Crippen molar-refractivity contribution in [3.05, 3.63) is 167 Å². The zero-order valence-electron chi connectivity index (χ0n) is 21.5. The van der Waals surface area contributed by atoms with Gasteiger partial charge in [-0.3, -0.25) is 0 Å². The summed E-state index contributed by atoms with van der Waals surface area (Å²) in [6.07, 6.45) is 1.02. The van der Waals surface area contributed by atoms with E-state index in [1.807, 2.05) is 0 Å². The van der Waals surface area contributed by atoms with Crippen molar-refractivity contribution in [1.29, 1.82) is 0 Å². The van der Waals surface area contributed by atoms with Gasteiger partial charge in [-0.2, -0.15) is 0 Å². The topological polar surface area (TPSA) is 25.8 Å². The molecular formula is C37H26N2. The van der Waals surface area contributed by atoms with Crippen LogP contribution < -0.4 is 0 Å². The van der Waals surface area contributed by atoms with Crippen LogP contribution in [0.3, 0.4) is 0 Å². The summed E-state index contributed by atoms with van der Waals surface area (Å²) in [6, 6.07) is 49.8. The zero-order valence-corrected chi connectivity index (χ0v) is 21.5. The molecule has 0 radical (unpaired) electrons. The van der Waals surface area contributed by atoms with Crippen LogP contribution >= 0.6 is 0 Å². The summed E-state index contributed by atoms with van der Waals surface area (Å²) < 4.78 is 0. The highest BCUT2D eigenvalue weighted by Crippen LogP contribution is 2.62. The number of aromatic nitrogens is 2. The maximum atomic E-state index is 5.37. The van der Waals surface area contributed by atoms with Crippen LogP contribution in [0, 0.1) is 0 Å². The molecule has 8 rings (SSSR count). The van der Waals surface area contributed by atoms with Gasteiger partial charge >= 0.3 is 0 Å². The molecule has 2 nitrogen and oxygen atoms in total. The second-order valence-corrected chi connectivity index (χ2v) is 10.6. The van der Waals surface area contributed by atoms with Crippen LogP contribution in [-0.2, 0) is 5.41 Å². The van der Waals surface area contributed by atoms with Gasteiger partial charge in [-0.25, -0.2) is 9.97 Å². The van der Waals surface area contributed by atoms with Gasteiger partial charge in [0, 0.05) is 17.0 Å². The minimum Gasteiger partial charge on any atom is -0.232 e. The fourth-order valence-electron chi connectivity index (χ4n) is 6.81. The molecule has 2 heteroatoms. The molecule has 6 aromatic rings. The molecule has 2 aliphatic rings. The number of hydrogen-bond donors (Lipinski definition) is 0. The standard InChI is InChI=1S/C37H26N2/c1-3-11-25(12-4-1)26-19-21-28(22-20-26)36-38-34(27-13-5-2-6-14-27)23-35(39-36)37-24-31(29-15-7-9-17-32(29)37)30-16-8-10-18-33(30)37/h1-23,31H,24H2. The molecule has 0 fully saturated rings.